The normalized spacial score (nSPS) is 11.3. The zero-order valence-corrected chi connectivity index (χ0v) is 15.4. The van der Waals surface area contributed by atoms with Gasteiger partial charge in [-0.3, -0.25) is 4.68 Å². The quantitative estimate of drug-likeness (QED) is 0.566. The van der Waals surface area contributed by atoms with Crippen LogP contribution in [-0.4, -0.2) is 36.0 Å². The van der Waals surface area contributed by atoms with E-state index in [-0.39, 0.29) is 0 Å². The van der Waals surface area contributed by atoms with E-state index in [2.05, 4.69) is 20.7 Å². The molecule has 0 saturated heterocycles. The number of hydrogen-bond donors (Lipinski definition) is 2. The molecule has 136 valence electrons. The summed E-state index contributed by atoms with van der Waals surface area (Å²) in [5.74, 6) is 2.24. The molecule has 25 heavy (non-hydrogen) atoms. The van der Waals surface area contributed by atoms with Crippen molar-refractivity contribution in [3.8, 4) is 11.5 Å². The van der Waals surface area contributed by atoms with Gasteiger partial charge in [-0.1, -0.05) is 6.07 Å². The molecule has 2 rings (SSSR count). The molecule has 0 aliphatic carbocycles. The molecule has 2 N–H and O–H groups in total. The van der Waals surface area contributed by atoms with Gasteiger partial charge in [-0.05, 0) is 37.6 Å². The number of hydrogen-bond acceptors (Lipinski definition) is 4. The molecule has 2 aromatic rings. The number of aryl methyl sites for hydroxylation is 1. The predicted octanol–water partition coefficient (Wildman–Crippen LogP) is 2.08. The van der Waals surface area contributed by atoms with Gasteiger partial charge in [0.25, 0.3) is 0 Å². The highest BCUT2D eigenvalue weighted by Crippen LogP contribution is 2.28. The lowest BCUT2D eigenvalue weighted by atomic mass is 10.2. The summed E-state index contributed by atoms with van der Waals surface area (Å²) < 4.78 is 12.8. The fraction of sp³-hybridized carbons (Fsp3) is 0.444. The molecule has 0 fully saturated rings. The smallest absolute Gasteiger partial charge is 0.191 e. The molecule has 1 heterocycles. The third-order valence-corrected chi connectivity index (χ3v) is 3.65. The molecule has 1 aromatic heterocycles. The van der Waals surface area contributed by atoms with E-state index in [1.54, 1.807) is 13.3 Å². The van der Waals surface area contributed by atoms with Crippen molar-refractivity contribution in [1.29, 1.82) is 0 Å². The molecule has 0 aliphatic rings. The first-order valence-corrected chi connectivity index (χ1v) is 8.46. The van der Waals surface area contributed by atoms with Crippen LogP contribution in [0.3, 0.4) is 0 Å². The minimum absolute atomic E-state index is 0.546. The second-order valence-corrected chi connectivity index (χ2v) is 5.41. The third kappa shape index (κ3) is 5.41. The van der Waals surface area contributed by atoms with Gasteiger partial charge >= 0.3 is 0 Å². The molecule has 7 heteroatoms. The van der Waals surface area contributed by atoms with Crippen molar-refractivity contribution >= 4 is 5.96 Å². The summed E-state index contributed by atoms with van der Waals surface area (Å²) in [6.45, 7) is 6.60. The van der Waals surface area contributed by atoms with Gasteiger partial charge in [-0.15, -0.1) is 0 Å². The molecule has 0 saturated carbocycles. The third-order valence-electron chi connectivity index (χ3n) is 3.65. The van der Waals surface area contributed by atoms with Gasteiger partial charge in [-0.2, -0.15) is 5.10 Å². The van der Waals surface area contributed by atoms with E-state index in [4.69, 9.17) is 9.47 Å². The fourth-order valence-electron chi connectivity index (χ4n) is 2.35. The molecule has 0 amide bonds. The van der Waals surface area contributed by atoms with E-state index in [1.807, 2.05) is 49.8 Å². The highest BCUT2D eigenvalue weighted by atomic mass is 16.5. The number of aliphatic imine (C=N–C) groups is 1. The maximum atomic E-state index is 5.62. The van der Waals surface area contributed by atoms with E-state index in [0.717, 1.165) is 35.3 Å². The van der Waals surface area contributed by atoms with Gasteiger partial charge in [0, 0.05) is 19.8 Å². The summed E-state index contributed by atoms with van der Waals surface area (Å²) in [5.41, 5.74) is 2.15. The van der Waals surface area contributed by atoms with Gasteiger partial charge in [0.05, 0.1) is 32.5 Å². The minimum atomic E-state index is 0.546. The van der Waals surface area contributed by atoms with E-state index in [0.29, 0.717) is 19.7 Å². The summed E-state index contributed by atoms with van der Waals surface area (Å²) in [6.07, 6.45) is 1.79. The number of aromatic nitrogens is 2. The van der Waals surface area contributed by atoms with Crippen molar-refractivity contribution in [3.05, 3.63) is 41.7 Å². The zero-order valence-electron chi connectivity index (χ0n) is 15.4. The average Bonchev–Trinajstić information content (AvgIpc) is 3.03. The molecule has 0 unspecified atom stereocenters. The van der Waals surface area contributed by atoms with Crippen LogP contribution in [0.5, 0.6) is 11.5 Å². The standard InChI is InChI=1S/C18H27N5O2/c1-5-19-18(21-13-15-9-10-22-23(15)3)20-12-14-7-8-16(24-4)17(11-14)25-6-2/h7-11H,5-6,12-13H2,1-4H3,(H2,19,20,21). The Kier molecular flexibility index (Phi) is 7.13. The number of methoxy groups -OCH3 is 1. The lowest BCUT2D eigenvalue weighted by molar-refractivity contribution is 0.310. The molecule has 0 radical (unpaired) electrons. The molecule has 0 aliphatic heterocycles. The number of guanidine groups is 1. The predicted molar refractivity (Wildman–Crippen MR) is 99.0 cm³/mol. The lowest BCUT2D eigenvalue weighted by Crippen LogP contribution is -2.37. The molecule has 0 atom stereocenters. The summed E-state index contributed by atoms with van der Waals surface area (Å²) in [7, 11) is 3.56. The van der Waals surface area contributed by atoms with Crippen LogP contribution in [0.2, 0.25) is 0 Å². The van der Waals surface area contributed by atoms with Gasteiger partial charge in [0.1, 0.15) is 0 Å². The van der Waals surface area contributed by atoms with Crippen LogP contribution < -0.4 is 20.1 Å². The Balaban J connectivity index is 2.04. The second kappa shape index (κ2) is 9.56. The monoisotopic (exact) mass is 345 g/mol. The van der Waals surface area contributed by atoms with Crippen LogP contribution in [-0.2, 0) is 20.1 Å². The van der Waals surface area contributed by atoms with Crippen LogP contribution in [0.1, 0.15) is 25.1 Å². The van der Waals surface area contributed by atoms with Crippen molar-refractivity contribution in [3.63, 3.8) is 0 Å². The number of ether oxygens (including phenoxy) is 2. The lowest BCUT2D eigenvalue weighted by Gasteiger charge is -2.13. The van der Waals surface area contributed by atoms with E-state index in [1.165, 1.54) is 0 Å². The van der Waals surface area contributed by atoms with Gasteiger partial charge in [0.15, 0.2) is 17.5 Å². The van der Waals surface area contributed by atoms with Crippen LogP contribution in [0, 0.1) is 0 Å². The van der Waals surface area contributed by atoms with Crippen LogP contribution in [0.4, 0.5) is 0 Å². The van der Waals surface area contributed by atoms with E-state index >= 15 is 0 Å². The van der Waals surface area contributed by atoms with Crippen molar-refractivity contribution in [2.45, 2.75) is 26.9 Å². The van der Waals surface area contributed by atoms with Crippen molar-refractivity contribution in [1.82, 2.24) is 20.4 Å². The summed E-state index contributed by atoms with van der Waals surface area (Å²) in [5, 5.41) is 10.7. The molecule has 0 spiro atoms. The second-order valence-electron chi connectivity index (χ2n) is 5.41. The molecular formula is C18H27N5O2. The highest BCUT2D eigenvalue weighted by Gasteiger charge is 2.06. The Morgan fingerprint density at radius 2 is 2.04 bits per heavy atom. The first-order chi connectivity index (χ1) is 12.2. The van der Waals surface area contributed by atoms with Crippen LogP contribution in [0.15, 0.2) is 35.5 Å². The number of benzene rings is 1. The van der Waals surface area contributed by atoms with Gasteiger partial charge in [-0.25, -0.2) is 4.99 Å². The fourth-order valence-corrected chi connectivity index (χ4v) is 2.35. The minimum Gasteiger partial charge on any atom is -0.493 e. The van der Waals surface area contributed by atoms with Crippen LogP contribution >= 0.6 is 0 Å². The largest absolute Gasteiger partial charge is 0.493 e. The summed E-state index contributed by atoms with van der Waals surface area (Å²) >= 11 is 0. The Morgan fingerprint density at radius 1 is 1.20 bits per heavy atom. The summed E-state index contributed by atoms with van der Waals surface area (Å²) in [6, 6.07) is 7.85. The Morgan fingerprint density at radius 3 is 2.68 bits per heavy atom. The van der Waals surface area contributed by atoms with Crippen molar-refractivity contribution in [2.75, 3.05) is 20.3 Å². The number of rotatable bonds is 8. The first-order valence-electron chi connectivity index (χ1n) is 8.46. The average molecular weight is 345 g/mol. The van der Waals surface area contributed by atoms with Crippen LogP contribution in [0.25, 0.3) is 0 Å². The van der Waals surface area contributed by atoms with Crippen molar-refractivity contribution in [2.24, 2.45) is 12.0 Å². The van der Waals surface area contributed by atoms with Gasteiger partial charge in [0.2, 0.25) is 0 Å². The Labute approximate surface area is 149 Å². The molecule has 7 nitrogen and oxygen atoms in total. The molecule has 0 bridgehead atoms. The maximum absolute atomic E-state index is 5.62. The topological polar surface area (TPSA) is 72.7 Å². The zero-order chi connectivity index (χ0) is 18.1. The molecular weight excluding hydrogens is 318 g/mol. The van der Waals surface area contributed by atoms with E-state index < -0.39 is 0 Å². The summed E-state index contributed by atoms with van der Waals surface area (Å²) in [4.78, 5) is 4.64. The van der Waals surface area contributed by atoms with Gasteiger partial charge < -0.3 is 20.1 Å². The van der Waals surface area contributed by atoms with Crippen molar-refractivity contribution < 1.29 is 9.47 Å². The van der Waals surface area contributed by atoms with E-state index in [9.17, 15) is 0 Å². The number of nitrogens with one attached hydrogen (secondary N) is 2. The SMILES string of the molecule is CCNC(=NCc1ccc(OC)c(OCC)c1)NCc1ccnn1C. The molecule has 1 aromatic carbocycles. The Bertz CT molecular complexity index is 697. The highest BCUT2D eigenvalue weighted by molar-refractivity contribution is 5.79. The maximum Gasteiger partial charge on any atom is 0.191 e. The number of nitrogens with zero attached hydrogens (tertiary/aromatic N) is 3. The Hall–Kier alpha value is -2.70. The first kappa shape index (κ1) is 18.6.